The Morgan fingerprint density at radius 2 is 1.56 bits per heavy atom. The Morgan fingerprint density at radius 1 is 0.853 bits per heavy atom. The van der Waals surface area contributed by atoms with Crippen LogP contribution in [0.4, 0.5) is 22.0 Å². The minimum atomic E-state index is -3.34. The van der Waals surface area contributed by atoms with Crippen molar-refractivity contribution in [3.8, 4) is 17.1 Å². The minimum absolute atomic E-state index is 0.102. The van der Waals surface area contributed by atoms with E-state index in [1.165, 1.54) is 0 Å². The van der Waals surface area contributed by atoms with Crippen molar-refractivity contribution < 1.29 is 31.4 Å². The van der Waals surface area contributed by atoms with E-state index in [9.17, 15) is 17.6 Å². The van der Waals surface area contributed by atoms with Gasteiger partial charge in [0.2, 0.25) is 0 Å². The average molecular weight is 474 g/mol. The van der Waals surface area contributed by atoms with E-state index in [0.29, 0.717) is 28.8 Å². The predicted octanol–water partition coefficient (Wildman–Crippen LogP) is 6.25. The molecule has 3 aromatic carbocycles. The third-order valence-electron chi connectivity index (χ3n) is 5.26. The first-order chi connectivity index (χ1) is 16.4. The molecule has 0 N–H and O–H groups in total. The summed E-state index contributed by atoms with van der Waals surface area (Å²) in [7, 11) is 1.58. The molecule has 0 aliphatic carbocycles. The third kappa shape index (κ3) is 5.14. The lowest BCUT2D eigenvalue weighted by atomic mass is 9.98. The van der Waals surface area contributed by atoms with Crippen LogP contribution < -0.4 is 4.74 Å². The maximum absolute atomic E-state index is 15.1. The zero-order chi connectivity index (χ0) is 24.2. The highest BCUT2D eigenvalue weighted by Gasteiger charge is 2.17. The molecule has 34 heavy (non-hydrogen) atoms. The Hall–Kier alpha value is -3.59. The van der Waals surface area contributed by atoms with Gasteiger partial charge in [0.1, 0.15) is 5.82 Å². The first-order valence-electron chi connectivity index (χ1n) is 10.3. The number of methoxy groups -OCH3 is 1. The van der Waals surface area contributed by atoms with Gasteiger partial charge in [0, 0.05) is 36.0 Å². The van der Waals surface area contributed by atoms with Crippen LogP contribution in [0.1, 0.15) is 16.7 Å². The SMILES string of the molecule is COCc1cnc(-c2ccc3c(F)c(CCc4cc(F)c(OC(F)F)c(F)c4)ccc3c2)nc1. The molecule has 1 aromatic heterocycles. The number of alkyl halides is 2. The van der Waals surface area contributed by atoms with Gasteiger partial charge in [-0.15, -0.1) is 0 Å². The fourth-order valence-corrected chi connectivity index (χ4v) is 3.65. The van der Waals surface area contributed by atoms with Crippen LogP contribution in [0.2, 0.25) is 0 Å². The second kappa shape index (κ2) is 10.1. The Bertz CT molecular complexity index is 1290. The Kier molecular flexibility index (Phi) is 7.02. The van der Waals surface area contributed by atoms with Crippen molar-refractivity contribution in [3.63, 3.8) is 0 Å². The summed E-state index contributed by atoms with van der Waals surface area (Å²) in [5, 5.41) is 1.03. The number of hydrogen-bond donors (Lipinski definition) is 0. The molecule has 0 unspecified atom stereocenters. The molecule has 0 radical (unpaired) electrons. The molecule has 0 bridgehead atoms. The standard InChI is InChI=1S/C25H19F5N2O2/c1-33-13-15-11-31-24(32-12-15)18-6-7-19-17(10-18)5-4-16(22(19)28)3-2-14-8-20(26)23(21(27)9-14)34-25(29)30/h4-12,25H,2-3,13H2,1H3. The van der Waals surface area contributed by atoms with E-state index in [0.717, 1.165) is 23.3 Å². The monoisotopic (exact) mass is 474 g/mol. The van der Waals surface area contributed by atoms with Crippen molar-refractivity contribution in [1.29, 1.82) is 0 Å². The maximum atomic E-state index is 15.1. The second-order valence-corrected chi connectivity index (χ2v) is 7.59. The summed E-state index contributed by atoms with van der Waals surface area (Å²) >= 11 is 0. The van der Waals surface area contributed by atoms with E-state index < -0.39 is 29.8 Å². The largest absolute Gasteiger partial charge is 0.429 e. The van der Waals surface area contributed by atoms with E-state index in [1.807, 2.05) is 0 Å². The molecule has 9 heteroatoms. The molecule has 0 saturated carbocycles. The van der Waals surface area contributed by atoms with Gasteiger partial charge >= 0.3 is 6.61 Å². The van der Waals surface area contributed by atoms with Gasteiger partial charge in [0.05, 0.1) is 6.61 Å². The van der Waals surface area contributed by atoms with Crippen molar-refractivity contribution in [2.24, 2.45) is 0 Å². The average Bonchev–Trinajstić information content (AvgIpc) is 2.81. The number of halogens is 5. The van der Waals surface area contributed by atoms with Gasteiger partial charge < -0.3 is 9.47 Å². The van der Waals surface area contributed by atoms with Crippen LogP contribution in [-0.4, -0.2) is 23.7 Å². The van der Waals surface area contributed by atoms with Crippen LogP contribution in [0.5, 0.6) is 5.75 Å². The fraction of sp³-hybridized carbons (Fsp3) is 0.200. The number of nitrogens with zero attached hydrogens (tertiary/aromatic N) is 2. The molecule has 4 nitrogen and oxygen atoms in total. The number of fused-ring (bicyclic) bond motifs is 1. The normalized spacial score (nSPS) is 11.4. The van der Waals surface area contributed by atoms with Crippen LogP contribution in [0.15, 0.2) is 54.9 Å². The van der Waals surface area contributed by atoms with Crippen LogP contribution in [0.3, 0.4) is 0 Å². The van der Waals surface area contributed by atoms with Crippen molar-refractivity contribution >= 4 is 10.8 Å². The van der Waals surface area contributed by atoms with E-state index in [2.05, 4.69) is 14.7 Å². The molecule has 0 aliphatic rings. The number of aromatic nitrogens is 2. The third-order valence-corrected chi connectivity index (χ3v) is 5.26. The van der Waals surface area contributed by atoms with E-state index in [4.69, 9.17) is 4.74 Å². The Balaban J connectivity index is 1.53. The molecule has 0 amide bonds. The summed E-state index contributed by atoms with van der Waals surface area (Å²) in [6.07, 6.45) is 3.58. The molecule has 0 atom stereocenters. The predicted molar refractivity (Wildman–Crippen MR) is 116 cm³/mol. The molecule has 0 fully saturated rings. The first-order valence-corrected chi connectivity index (χ1v) is 10.3. The number of hydrogen-bond acceptors (Lipinski definition) is 4. The van der Waals surface area contributed by atoms with Crippen molar-refractivity contribution in [2.45, 2.75) is 26.1 Å². The lowest BCUT2D eigenvalue weighted by molar-refractivity contribution is -0.0546. The molecule has 176 valence electrons. The van der Waals surface area contributed by atoms with Gasteiger partial charge in [-0.05, 0) is 47.6 Å². The van der Waals surface area contributed by atoms with Gasteiger partial charge in [0.25, 0.3) is 0 Å². The molecule has 0 aliphatic heterocycles. The van der Waals surface area contributed by atoms with E-state index >= 15 is 4.39 Å². The number of rotatable bonds is 8. The highest BCUT2D eigenvalue weighted by molar-refractivity contribution is 5.87. The van der Waals surface area contributed by atoms with Gasteiger partial charge in [0.15, 0.2) is 23.2 Å². The summed E-state index contributed by atoms with van der Waals surface area (Å²) in [5.41, 5.74) is 2.11. The van der Waals surface area contributed by atoms with Crippen molar-refractivity contribution in [3.05, 3.63) is 89.0 Å². The highest BCUT2D eigenvalue weighted by atomic mass is 19.3. The smallest absolute Gasteiger partial charge is 0.387 e. The van der Waals surface area contributed by atoms with Crippen molar-refractivity contribution in [2.75, 3.05) is 7.11 Å². The second-order valence-electron chi connectivity index (χ2n) is 7.59. The number of benzene rings is 3. The molecular formula is C25H19F5N2O2. The van der Waals surface area contributed by atoms with Gasteiger partial charge in [-0.3, -0.25) is 0 Å². The van der Waals surface area contributed by atoms with Crippen LogP contribution in [0, 0.1) is 17.5 Å². The number of aryl methyl sites for hydroxylation is 2. The van der Waals surface area contributed by atoms with Crippen molar-refractivity contribution in [1.82, 2.24) is 9.97 Å². The quantitative estimate of drug-likeness (QED) is 0.283. The lowest BCUT2D eigenvalue weighted by Crippen LogP contribution is -2.06. The molecular weight excluding hydrogens is 455 g/mol. The molecule has 1 heterocycles. The zero-order valence-electron chi connectivity index (χ0n) is 18.0. The molecule has 4 aromatic rings. The van der Waals surface area contributed by atoms with Crippen LogP contribution in [0.25, 0.3) is 22.2 Å². The van der Waals surface area contributed by atoms with Gasteiger partial charge in [-0.2, -0.15) is 8.78 Å². The molecule has 4 rings (SSSR count). The Labute approximate surface area is 192 Å². The topological polar surface area (TPSA) is 44.2 Å². The van der Waals surface area contributed by atoms with Gasteiger partial charge in [-0.25, -0.2) is 23.1 Å². The minimum Gasteiger partial charge on any atom is -0.429 e. The Morgan fingerprint density at radius 3 is 2.21 bits per heavy atom. The molecule has 0 saturated heterocycles. The summed E-state index contributed by atoms with van der Waals surface area (Å²) in [4.78, 5) is 8.63. The van der Waals surface area contributed by atoms with E-state index in [-0.39, 0.29) is 18.4 Å². The summed E-state index contributed by atoms with van der Waals surface area (Å²) in [5.74, 6) is -3.56. The van der Waals surface area contributed by atoms with Crippen LogP contribution >= 0.6 is 0 Å². The summed E-state index contributed by atoms with van der Waals surface area (Å²) in [6.45, 7) is -2.94. The highest BCUT2D eigenvalue weighted by Crippen LogP contribution is 2.28. The summed E-state index contributed by atoms with van der Waals surface area (Å²) < 4.78 is 76.4. The number of ether oxygens (including phenoxy) is 2. The fourth-order valence-electron chi connectivity index (χ4n) is 3.65. The zero-order valence-corrected chi connectivity index (χ0v) is 18.0. The van der Waals surface area contributed by atoms with Gasteiger partial charge in [-0.1, -0.05) is 24.3 Å². The first kappa shape index (κ1) is 23.6. The van der Waals surface area contributed by atoms with E-state index in [1.54, 1.807) is 49.8 Å². The molecule has 0 spiro atoms. The maximum Gasteiger partial charge on any atom is 0.387 e. The lowest BCUT2D eigenvalue weighted by Gasteiger charge is -2.11. The summed E-state index contributed by atoms with van der Waals surface area (Å²) in [6, 6.07) is 10.3. The van der Waals surface area contributed by atoms with Crippen LogP contribution in [-0.2, 0) is 24.2 Å².